The number of hydrazone groups is 1. The highest BCUT2D eigenvalue weighted by Crippen LogP contribution is 2.51. The third-order valence-corrected chi connectivity index (χ3v) is 6.72. The molecule has 1 aliphatic heterocycles. The number of hydrogen-bond donors (Lipinski definition) is 1. The molecule has 0 saturated carbocycles. The maximum absolute atomic E-state index is 14.7. The minimum Gasteiger partial charge on any atom is -0.330 e. The van der Waals surface area contributed by atoms with Gasteiger partial charge in [0.05, 0.1) is 5.69 Å². The molecule has 1 aliphatic rings. The lowest BCUT2D eigenvalue weighted by molar-refractivity contribution is 0.396. The zero-order valence-corrected chi connectivity index (χ0v) is 19.4. The Kier molecular flexibility index (Phi) is 7.02. The maximum Gasteiger partial charge on any atom is 0.248 e. The molecule has 0 saturated heterocycles. The number of nitrogens with zero attached hydrogens (tertiary/aromatic N) is 5. The van der Waals surface area contributed by atoms with Gasteiger partial charge in [0.2, 0.25) is 5.95 Å². The van der Waals surface area contributed by atoms with Gasteiger partial charge >= 0.3 is 0 Å². The van der Waals surface area contributed by atoms with Gasteiger partial charge in [0.1, 0.15) is 21.5 Å². The smallest absolute Gasteiger partial charge is 0.248 e. The predicted molar refractivity (Wildman–Crippen MR) is 129 cm³/mol. The highest BCUT2D eigenvalue weighted by Gasteiger charge is 2.47. The van der Waals surface area contributed by atoms with Crippen molar-refractivity contribution in [3.05, 3.63) is 89.2 Å². The van der Waals surface area contributed by atoms with Crippen LogP contribution in [-0.2, 0) is 11.4 Å². The lowest BCUT2D eigenvalue weighted by Gasteiger charge is -2.36. The number of anilines is 1. The molecule has 0 spiro atoms. The van der Waals surface area contributed by atoms with E-state index in [9.17, 15) is 8.78 Å². The Morgan fingerprint density at radius 1 is 1.09 bits per heavy atom. The monoisotopic (exact) mass is 468 g/mol. The van der Waals surface area contributed by atoms with E-state index in [0.29, 0.717) is 36.9 Å². The fraction of sp³-hybridized carbons (Fsp3) is 0.292. The van der Waals surface area contributed by atoms with Crippen LogP contribution < -0.4 is 10.7 Å². The van der Waals surface area contributed by atoms with Gasteiger partial charge in [-0.2, -0.15) is 5.10 Å². The minimum absolute atomic E-state index is 0.111. The average Bonchev–Trinajstić information content (AvgIpc) is 3.20. The zero-order chi connectivity index (χ0) is 23.4. The number of benzene rings is 2. The van der Waals surface area contributed by atoms with Gasteiger partial charge in [-0.1, -0.05) is 42.1 Å². The van der Waals surface area contributed by atoms with E-state index in [1.807, 2.05) is 55.4 Å². The largest absolute Gasteiger partial charge is 0.330 e. The highest BCUT2D eigenvalue weighted by atomic mass is 32.2. The Labute approximate surface area is 196 Å². The average molecular weight is 469 g/mol. The fourth-order valence-electron chi connectivity index (χ4n) is 3.79. The fourth-order valence-corrected chi connectivity index (χ4v) is 5.21. The molecule has 0 fully saturated rings. The van der Waals surface area contributed by atoms with Crippen molar-refractivity contribution in [3.8, 4) is 0 Å². The summed E-state index contributed by atoms with van der Waals surface area (Å²) in [6, 6.07) is 15.1. The second kappa shape index (κ2) is 9.94. The third kappa shape index (κ3) is 4.90. The molecular weight excluding hydrogens is 442 g/mol. The number of thioether (sulfide) groups is 1. The Morgan fingerprint density at radius 3 is 2.61 bits per heavy atom. The van der Waals surface area contributed by atoms with Crippen molar-refractivity contribution in [2.45, 2.75) is 24.3 Å². The summed E-state index contributed by atoms with van der Waals surface area (Å²) in [5.41, 5.74) is 7.78. The summed E-state index contributed by atoms with van der Waals surface area (Å²) in [5.74, 6) is -0.660. The molecule has 9 heteroatoms. The summed E-state index contributed by atoms with van der Waals surface area (Å²) in [6.45, 7) is 1.11. The molecule has 0 bridgehead atoms. The maximum atomic E-state index is 14.7. The SMILES string of the molecule is CN(C)Cc1ccnc(N2N=C(c3cc(F)ccc3F)SC2(CCCN)c2ccccc2)n1. The number of rotatable bonds is 8. The number of nitrogens with two attached hydrogens (primary N) is 1. The van der Waals surface area contributed by atoms with E-state index < -0.39 is 16.5 Å². The molecule has 33 heavy (non-hydrogen) atoms. The molecule has 4 rings (SSSR count). The standard InChI is InChI=1S/C24H26F2N6S/c1-31(2)16-19-11-14-28-23(29-19)32-24(12-6-13-27,17-7-4-3-5-8-17)33-22(30-32)20-15-18(25)9-10-21(20)26/h3-5,7-11,14-15H,6,12-13,16,27H2,1-2H3. The Bertz CT molecular complexity index is 1140. The van der Waals surface area contributed by atoms with Gasteiger partial charge in [-0.05, 0) is 63.3 Å². The molecular formula is C24H26F2N6S. The first kappa shape index (κ1) is 23.3. The van der Waals surface area contributed by atoms with Crippen LogP contribution in [0.25, 0.3) is 0 Å². The summed E-state index contributed by atoms with van der Waals surface area (Å²) in [6.07, 6.45) is 3.01. The molecule has 3 aromatic rings. The van der Waals surface area contributed by atoms with E-state index in [1.165, 1.54) is 17.8 Å². The van der Waals surface area contributed by atoms with Crippen molar-refractivity contribution in [2.24, 2.45) is 10.8 Å². The molecule has 172 valence electrons. The normalized spacial score (nSPS) is 18.1. The van der Waals surface area contributed by atoms with Gasteiger partial charge in [0.15, 0.2) is 0 Å². The topological polar surface area (TPSA) is 70.6 Å². The molecule has 0 amide bonds. The number of halogens is 2. The van der Waals surface area contributed by atoms with E-state index in [0.717, 1.165) is 23.4 Å². The second-order valence-electron chi connectivity index (χ2n) is 8.07. The third-order valence-electron chi connectivity index (χ3n) is 5.27. The van der Waals surface area contributed by atoms with Crippen LogP contribution >= 0.6 is 11.8 Å². The quantitative estimate of drug-likeness (QED) is 0.531. The molecule has 6 nitrogen and oxygen atoms in total. The van der Waals surface area contributed by atoms with Gasteiger partial charge < -0.3 is 10.6 Å². The molecule has 0 radical (unpaired) electrons. The lowest BCUT2D eigenvalue weighted by Crippen LogP contribution is -2.39. The summed E-state index contributed by atoms with van der Waals surface area (Å²) in [7, 11) is 3.93. The van der Waals surface area contributed by atoms with E-state index >= 15 is 0 Å². The highest BCUT2D eigenvalue weighted by molar-refractivity contribution is 8.15. The Morgan fingerprint density at radius 2 is 1.88 bits per heavy atom. The van der Waals surface area contributed by atoms with Gasteiger partial charge in [-0.25, -0.2) is 23.8 Å². The van der Waals surface area contributed by atoms with Gasteiger partial charge in [0, 0.05) is 18.3 Å². The van der Waals surface area contributed by atoms with Crippen molar-refractivity contribution in [3.63, 3.8) is 0 Å². The number of hydrogen-bond acceptors (Lipinski definition) is 7. The van der Waals surface area contributed by atoms with Crippen molar-refractivity contribution in [2.75, 3.05) is 25.6 Å². The van der Waals surface area contributed by atoms with Crippen LogP contribution in [0.3, 0.4) is 0 Å². The van der Waals surface area contributed by atoms with E-state index in [4.69, 9.17) is 15.8 Å². The second-order valence-corrected chi connectivity index (χ2v) is 9.34. The van der Waals surface area contributed by atoms with Gasteiger partial charge in [-0.3, -0.25) is 0 Å². The molecule has 2 aromatic carbocycles. The van der Waals surface area contributed by atoms with Crippen LogP contribution in [0.15, 0.2) is 65.9 Å². The minimum atomic E-state index is -0.758. The van der Waals surface area contributed by atoms with Crippen molar-refractivity contribution >= 4 is 22.8 Å². The van der Waals surface area contributed by atoms with E-state index in [2.05, 4.69) is 4.98 Å². The Balaban J connectivity index is 1.88. The molecule has 1 unspecified atom stereocenters. The lowest BCUT2D eigenvalue weighted by atomic mass is 10.0. The Hall–Kier alpha value is -2.88. The molecule has 0 aliphatic carbocycles. The first-order valence-electron chi connectivity index (χ1n) is 10.7. The van der Waals surface area contributed by atoms with Gasteiger partial charge in [0.25, 0.3) is 0 Å². The summed E-state index contributed by atoms with van der Waals surface area (Å²) < 4.78 is 28.8. The van der Waals surface area contributed by atoms with Crippen molar-refractivity contribution < 1.29 is 8.78 Å². The first-order valence-corrected chi connectivity index (χ1v) is 11.5. The summed E-state index contributed by atoms with van der Waals surface area (Å²) >= 11 is 1.37. The molecule has 1 atom stereocenters. The number of aromatic nitrogens is 2. The first-order chi connectivity index (χ1) is 15.9. The molecule has 2 heterocycles. The van der Waals surface area contributed by atoms with Crippen LogP contribution in [0, 0.1) is 11.6 Å². The van der Waals surface area contributed by atoms with E-state index in [1.54, 1.807) is 11.2 Å². The molecule has 2 N–H and O–H groups in total. The molecule has 1 aromatic heterocycles. The zero-order valence-electron chi connectivity index (χ0n) is 18.6. The van der Waals surface area contributed by atoms with Crippen molar-refractivity contribution in [1.82, 2.24) is 14.9 Å². The predicted octanol–water partition coefficient (Wildman–Crippen LogP) is 4.32. The van der Waals surface area contributed by atoms with Crippen molar-refractivity contribution in [1.29, 1.82) is 0 Å². The van der Waals surface area contributed by atoms with Crippen LogP contribution in [0.2, 0.25) is 0 Å². The van der Waals surface area contributed by atoms with Crippen LogP contribution in [0.5, 0.6) is 0 Å². The van der Waals surface area contributed by atoms with E-state index in [-0.39, 0.29) is 5.56 Å². The van der Waals surface area contributed by atoms with Crippen LogP contribution in [0.1, 0.15) is 29.7 Å². The van der Waals surface area contributed by atoms with Crippen LogP contribution in [0.4, 0.5) is 14.7 Å². The summed E-state index contributed by atoms with van der Waals surface area (Å²) in [5, 5.41) is 6.87. The van der Waals surface area contributed by atoms with Crippen LogP contribution in [-0.4, -0.2) is 40.6 Å². The summed E-state index contributed by atoms with van der Waals surface area (Å²) in [4.78, 5) is 10.5. The van der Waals surface area contributed by atoms with Gasteiger partial charge in [-0.15, -0.1) is 0 Å².